The Labute approximate surface area is 724 Å². The average Bonchev–Trinajstić information content (AvgIpc) is 0.779. The SMILES string of the molecule is CS(=O)(=O)Nc1ccccc1OCCOc1ccc(C(=O)O)cc1.Cc1ccc(S(=O)(=O)Nc2ccccc2OCCOc2ccc(C(=O)O)cc2)cc1.O=C(O)c1ccc(OCCOc2ccccc2NS(=O)(=O)c2cccc(C(F)(F)F)c2)cc1.O=C(O)c1ccc(OCCOc2ccccc2NS(=O)(=O)c2cccc3ccccc23)cc1.c1ccccc1. The molecule has 28 nitrogen and oxygen atoms in total. The van der Waals surface area contributed by atoms with Gasteiger partial charge in [0.1, 0.15) is 98.9 Å². The molecule has 0 unspecified atom stereocenters. The van der Waals surface area contributed by atoms with E-state index in [1.807, 2.05) is 61.5 Å². The summed E-state index contributed by atoms with van der Waals surface area (Å²) in [5, 5.41) is 37.0. The van der Waals surface area contributed by atoms with Gasteiger partial charge in [0.25, 0.3) is 30.1 Å². The number of aromatic carboxylic acids is 4. The van der Waals surface area contributed by atoms with Crippen LogP contribution in [0.2, 0.25) is 0 Å². The lowest BCUT2D eigenvalue weighted by Gasteiger charge is -2.15. The maximum absolute atomic E-state index is 13.1. The fraction of sp³-hybridized carbons (Fsp3) is 0.121. The van der Waals surface area contributed by atoms with E-state index in [1.165, 1.54) is 78.9 Å². The van der Waals surface area contributed by atoms with Crippen LogP contribution in [0.1, 0.15) is 52.6 Å². The largest absolute Gasteiger partial charge is 0.490 e. The van der Waals surface area contributed by atoms with Gasteiger partial charge in [0.15, 0.2) is 0 Å². The number of ether oxygens (including phenoxy) is 8. The number of hydrogen-bond donors (Lipinski definition) is 8. The zero-order valence-corrected chi connectivity index (χ0v) is 70.2. The van der Waals surface area contributed by atoms with Crippen molar-refractivity contribution in [1.29, 1.82) is 0 Å². The molecule has 0 atom stereocenters. The number of benzene rings is 13. The van der Waals surface area contributed by atoms with Gasteiger partial charge in [0, 0.05) is 5.39 Å². The molecule has 126 heavy (non-hydrogen) atoms. The number of carboxylic acid groups (broad SMARTS) is 4. The van der Waals surface area contributed by atoms with Crippen molar-refractivity contribution in [3.05, 3.63) is 355 Å². The number of anilines is 4. The standard InChI is InChI=1S/C25H21NO6S.C22H18F3NO6S.C22H21NO6S.C16H17NO6S.C6H6/c27-25(28)19-12-14-20(15-13-19)31-16-17-32-23-10-4-3-9-22(23)26-33(29,30)24-11-5-7-18-6-1-2-8-21(18)24;23-22(24,25)16-4-3-5-18(14-16)33(29,30)26-19-6-1-2-7-20(19)32-13-12-31-17-10-8-15(9-11-17)21(27)28;1-16-6-12-19(13-7-16)30(26,27)23-20-4-2-3-5-21(20)29-15-14-28-18-10-8-17(9-11-18)22(24)25;1-24(20,21)17-14-4-2-3-5-15(14)23-11-10-22-13-8-6-12(7-9-13)16(18)19;1-2-4-6-5-3-1/h1-15,26H,16-17H2,(H,27,28);1-11,14,26H,12-13H2,(H,27,28);2-13,23H,14-15H2,1H3,(H,24,25);2-9,17H,10-11H2,1H3,(H,18,19);1-6H. The van der Waals surface area contributed by atoms with Crippen LogP contribution in [0.4, 0.5) is 35.9 Å². The van der Waals surface area contributed by atoms with Crippen LogP contribution in [-0.4, -0.2) is 137 Å². The van der Waals surface area contributed by atoms with Gasteiger partial charge >= 0.3 is 30.1 Å². The molecule has 656 valence electrons. The van der Waals surface area contributed by atoms with E-state index in [1.54, 1.807) is 164 Å². The number of carboxylic acids is 4. The van der Waals surface area contributed by atoms with Gasteiger partial charge in [-0.1, -0.05) is 145 Å². The smallest absolute Gasteiger partial charge is 0.416 e. The minimum absolute atomic E-state index is 0.0168. The highest BCUT2D eigenvalue weighted by atomic mass is 32.2. The molecule has 0 bridgehead atoms. The van der Waals surface area contributed by atoms with Crippen LogP contribution in [0, 0.1) is 6.92 Å². The van der Waals surface area contributed by atoms with Gasteiger partial charge in [-0.05, 0) is 194 Å². The Balaban J connectivity index is 0.000000187. The predicted octanol–water partition coefficient (Wildman–Crippen LogP) is 17.3. The maximum atomic E-state index is 13.1. The summed E-state index contributed by atoms with van der Waals surface area (Å²) in [6.45, 7) is 3.11. The Bertz CT molecular complexity index is 6240. The molecule has 8 N–H and O–H groups in total. The Hall–Kier alpha value is -14.8. The van der Waals surface area contributed by atoms with Crippen molar-refractivity contribution >= 4 is 97.5 Å². The van der Waals surface area contributed by atoms with Crippen molar-refractivity contribution in [2.24, 2.45) is 0 Å². The summed E-state index contributed by atoms with van der Waals surface area (Å²) < 4.78 is 192. The summed E-state index contributed by atoms with van der Waals surface area (Å²) in [4.78, 5) is 43.2. The van der Waals surface area contributed by atoms with Crippen LogP contribution in [0.5, 0.6) is 46.0 Å². The van der Waals surface area contributed by atoms with E-state index in [-0.39, 0.29) is 96.3 Å². The summed E-state index contributed by atoms with van der Waals surface area (Å²) in [5.74, 6) is -0.829. The third kappa shape index (κ3) is 30.7. The second-order valence-electron chi connectivity index (χ2n) is 26.3. The molecule has 0 aliphatic carbocycles. The van der Waals surface area contributed by atoms with Crippen molar-refractivity contribution in [3.8, 4) is 46.0 Å². The van der Waals surface area contributed by atoms with Crippen molar-refractivity contribution in [3.63, 3.8) is 0 Å². The van der Waals surface area contributed by atoms with Crippen molar-refractivity contribution in [1.82, 2.24) is 0 Å². The van der Waals surface area contributed by atoms with E-state index >= 15 is 0 Å². The van der Waals surface area contributed by atoms with E-state index in [9.17, 15) is 66.0 Å². The lowest BCUT2D eigenvalue weighted by atomic mass is 10.1. The summed E-state index contributed by atoms with van der Waals surface area (Å²) in [5.41, 5.74) is 1.56. The second-order valence-corrected chi connectivity index (χ2v) is 33.0. The third-order valence-electron chi connectivity index (χ3n) is 16.9. The van der Waals surface area contributed by atoms with Crippen molar-refractivity contribution < 1.29 is 124 Å². The van der Waals surface area contributed by atoms with Gasteiger partial charge in [0.2, 0.25) is 10.0 Å². The summed E-state index contributed by atoms with van der Waals surface area (Å²) >= 11 is 0. The van der Waals surface area contributed by atoms with E-state index in [2.05, 4.69) is 18.9 Å². The number of hydrogen-bond acceptors (Lipinski definition) is 20. The highest BCUT2D eigenvalue weighted by molar-refractivity contribution is 7.93. The zero-order valence-electron chi connectivity index (χ0n) is 67.0. The van der Waals surface area contributed by atoms with Crippen molar-refractivity contribution in [2.45, 2.75) is 27.8 Å². The van der Waals surface area contributed by atoms with Crippen LogP contribution in [0.15, 0.2) is 336 Å². The molecule has 0 aliphatic rings. The number of rotatable bonds is 35. The predicted molar refractivity (Wildman–Crippen MR) is 467 cm³/mol. The van der Waals surface area contributed by atoms with E-state index < -0.39 is 80.6 Å². The topological polar surface area (TPSA) is 408 Å². The number of para-hydroxylation sites is 8. The minimum Gasteiger partial charge on any atom is -0.490 e. The monoisotopic (exact) mass is 1800 g/mol. The van der Waals surface area contributed by atoms with E-state index in [0.29, 0.717) is 68.8 Å². The highest BCUT2D eigenvalue weighted by Gasteiger charge is 2.32. The molecule has 0 spiro atoms. The molecule has 0 aromatic heterocycles. The first-order valence-corrected chi connectivity index (χ1v) is 44.0. The number of halogens is 3. The molecule has 0 radical (unpaired) electrons. The molecule has 13 aromatic rings. The first-order valence-electron chi connectivity index (χ1n) is 37.7. The van der Waals surface area contributed by atoms with Gasteiger partial charge < -0.3 is 58.3 Å². The molecule has 35 heteroatoms. The van der Waals surface area contributed by atoms with Crippen LogP contribution >= 0.6 is 0 Å². The summed E-state index contributed by atoms with van der Waals surface area (Å²) in [6.07, 6.45) is -3.62. The number of alkyl halides is 3. The zero-order chi connectivity index (χ0) is 90.7. The quantitative estimate of drug-likeness (QED) is 0.0171. The maximum Gasteiger partial charge on any atom is 0.416 e. The minimum atomic E-state index is -4.68. The fourth-order valence-corrected chi connectivity index (χ4v) is 15.0. The molecular weight excluding hydrogens is 1720 g/mol. The van der Waals surface area contributed by atoms with Crippen LogP contribution in [0.3, 0.4) is 0 Å². The Morgan fingerprint density at radius 1 is 0.302 bits per heavy atom. The Morgan fingerprint density at radius 3 is 0.921 bits per heavy atom. The molecule has 13 aromatic carbocycles. The van der Waals surface area contributed by atoms with E-state index in [4.69, 9.17) is 58.3 Å². The molecule has 0 saturated carbocycles. The van der Waals surface area contributed by atoms with Gasteiger partial charge in [-0.15, -0.1) is 0 Å². The number of nitrogens with one attached hydrogen (secondary N) is 4. The van der Waals surface area contributed by atoms with Crippen LogP contribution in [-0.2, 0) is 46.3 Å². The normalized spacial score (nSPS) is 11.0. The third-order valence-corrected chi connectivity index (χ3v) is 21.7. The lowest BCUT2D eigenvalue weighted by molar-refractivity contribution is -0.137. The molecule has 0 amide bonds. The number of aryl methyl sites for hydroxylation is 1. The number of sulfonamides is 4. The Kier molecular flexibility index (Phi) is 34.6. The first kappa shape index (κ1) is 95.0. The number of carbonyl (C=O) groups is 4. The Morgan fingerprint density at radius 2 is 0.587 bits per heavy atom. The number of fused-ring (bicyclic) bond motifs is 1. The molecular formula is C91H83F3N4O24S4. The van der Waals surface area contributed by atoms with Crippen LogP contribution in [0.25, 0.3) is 10.8 Å². The van der Waals surface area contributed by atoms with Crippen molar-refractivity contribution in [2.75, 3.05) is 78.0 Å². The average molecular weight is 1800 g/mol. The van der Waals surface area contributed by atoms with Gasteiger partial charge in [-0.25, -0.2) is 52.8 Å². The molecule has 0 aliphatic heterocycles. The molecule has 0 heterocycles. The highest BCUT2D eigenvalue weighted by Crippen LogP contribution is 2.35. The fourth-order valence-electron chi connectivity index (χ4n) is 10.9. The molecule has 0 fully saturated rings. The second kappa shape index (κ2) is 45.9. The first-order chi connectivity index (χ1) is 60.2. The van der Waals surface area contributed by atoms with Gasteiger partial charge in [-0.2, -0.15) is 13.2 Å². The molecule has 13 rings (SSSR count). The van der Waals surface area contributed by atoms with E-state index in [0.717, 1.165) is 35.4 Å². The summed E-state index contributed by atoms with van der Waals surface area (Å²) in [6, 6.07) is 84.4. The summed E-state index contributed by atoms with van der Waals surface area (Å²) in [7, 11) is -15.3. The lowest BCUT2D eigenvalue weighted by Crippen LogP contribution is -2.16. The van der Waals surface area contributed by atoms with Gasteiger partial charge in [0.05, 0.1) is 71.5 Å². The van der Waals surface area contributed by atoms with Gasteiger partial charge in [-0.3, -0.25) is 18.9 Å². The molecule has 0 saturated heterocycles. The van der Waals surface area contributed by atoms with Crippen LogP contribution < -0.4 is 56.8 Å².